The Morgan fingerprint density at radius 2 is 1.86 bits per heavy atom. The molecule has 1 aliphatic rings. The molecule has 0 amide bonds. The van der Waals surface area contributed by atoms with Crippen LogP contribution >= 0.6 is 22.9 Å². The van der Waals surface area contributed by atoms with E-state index in [4.69, 9.17) is 16.7 Å². The molecule has 114 valence electrons. The lowest BCUT2D eigenvalue weighted by atomic mass is 9.90. The van der Waals surface area contributed by atoms with Gasteiger partial charge in [-0.05, 0) is 30.5 Å². The zero-order chi connectivity index (χ0) is 14.9. The first-order valence-electron chi connectivity index (χ1n) is 7.75. The van der Waals surface area contributed by atoms with Crippen molar-refractivity contribution in [2.45, 2.75) is 44.4 Å². The summed E-state index contributed by atoms with van der Waals surface area (Å²) in [7, 11) is 0. The third kappa shape index (κ3) is 2.75. The van der Waals surface area contributed by atoms with Crippen molar-refractivity contribution in [1.29, 1.82) is 0 Å². The van der Waals surface area contributed by atoms with E-state index < -0.39 is 0 Å². The predicted octanol–water partition coefficient (Wildman–Crippen LogP) is 4.48. The van der Waals surface area contributed by atoms with Crippen molar-refractivity contribution in [1.82, 2.24) is 19.8 Å². The fourth-order valence-electron chi connectivity index (χ4n) is 3.08. The highest BCUT2D eigenvalue weighted by Gasteiger charge is 2.21. The maximum atomic E-state index is 5.93. The maximum Gasteiger partial charge on any atom is 0.234 e. The van der Waals surface area contributed by atoms with Crippen LogP contribution in [0.4, 0.5) is 0 Å². The highest BCUT2D eigenvalue weighted by atomic mass is 35.5. The number of halogens is 1. The molecule has 1 fully saturated rings. The third-order valence-electron chi connectivity index (χ3n) is 4.30. The summed E-state index contributed by atoms with van der Waals surface area (Å²) in [5.41, 5.74) is 1.17. The van der Waals surface area contributed by atoms with E-state index in [2.05, 4.69) is 10.2 Å². The topological polar surface area (TPSA) is 43.1 Å². The molecular formula is C16H17ClN4S. The molecular weight excluding hydrogens is 316 g/mol. The SMILES string of the molecule is Clc1ccc(Cc2nnc3sc(C4CCCCC4)nn23)cc1. The van der Waals surface area contributed by atoms with Gasteiger partial charge >= 0.3 is 0 Å². The average Bonchev–Trinajstić information content (AvgIpc) is 3.12. The van der Waals surface area contributed by atoms with E-state index in [-0.39, 0.29) is 0 Å². The van der Waals surface area contributed by atoms with Crippen molar-refractivity contribution in [3.05, 3.63) is 45.7 Å². The Morgan fingerprint density at radius 1 is 1.09 bits per heavy atom. The van der Waals surface area contributed by atoms with Gasteiger partial charge in [0.2, 0.25) is 4.96 Å². The van der Waals surface area contributed by atoms with Crippen LogP contribution in [0.3, 0.4) is 0 Å². The van der Waals surface area contributed by atoms with Gasteiger partial charge in [0.25, 0.3) is 0 Å². The molecule has 6 heteroatoms. The summed E-state index contributed by atoms with van der Waals surface area (Å²) in [6.45, 7) is 0. The van der Waals surface area contributed by atoms with Gasteiger partial charge in [0.05, 0.1) is 0 Å². The Labute approximate surface area is 138 Å². The maximum absolute atomic E-state index is 5.93. The summed E-state index contributed by atoms with van der Waals surface area (Å²) in [4.78, 5) is 0.907. The van der Waals surface area contributed by atoms with Gasteiger partial charge in [0.1, 0.15) is 5.01 Å². The lowest BCUT2D eigenvalue weighted by Crippen LogP contribution is -2.05. The van der Waals surface area contributed by atoms with Gasteiger partial charge in [-0.1, -0.05) is 54.3 Å². The Bertz CT molecular complexity index is 771. The molecule has 1 aliphatic carbocycles. The Morgan fingerprint density at radius 3 is 2.64 bits per heavy atom. The number of hydrogen-bond acceptors (Lipinski definition) is 4. The van der Waals surface area contributed by atoms with Crippen molar-refractivity contribution in [3.63, 3.8) is 0 Å². The fourth-order valence-corrected chi connectivity index (χ4v) is 4.23. The van der Waals surface area contributed by atoms with Crippen molar-refractivity contribution in [3.8, 4) is 0 Å². The molecule has 0 bridgehead atoms. The lowest BCUT2D eigenvalue weighted by molar-refractivity contribution is 0.439. The number of rotatable bonds is 3. The van der Waals surface area contributed by atoms with E-state index in [0.717, 1.165) is 22.2 Å². The average molecular weight is 333 g/mol. The summed E-state index contributed by atoms with van der Waals surface area (Å²) in [6, 6.07) is 7.86. The molecule has 22 heavy (non-hydrogen) atoms. The second-order valence-corrected chi connectivity index (χ2v) is 7.31. The zero-order valence-corrected chi connectivity index (χ0v) is 13.8. The third-order valence-corrected chi connectivity index (χ3v) is 5.61. The minimum Gasteiger partial charge on any atom is -0.187 e. The number of hydrogen-bond donors (Lipinski definition) is 0. The molecule has 0 aliphatic heterocycles. The Kier molecular flexibility index (Phi) is 3.84. The molecule has 0 saturated heterocycles. The zero-order valence-electron chi connectivity index (χ0n) is 12.2. The minimum atomic E-state index is 0.615. The lowest BCUT2D eigenvalue weighted by Gasteiger charge is -2.18. The monoisotopic (exact) mass is 332 g/mol. The molecule has 0 spiro atoms. The van der Waals surface area contributed by atoms with Crippen LogP contribution in [0, 0.1) is 0 Å². The standard InChI is InChI=1S/C16H17ClN4S/c17-13-8-6-11(7-9-13)10-14-18-19-16-21(14)20-15(22-16)12-4-2-1-3-5-12/h6-9,12H,1-5,10H2. The van der Waals surface area contributed by atoms with Crippen LogP contribution in [-0.4, -0.2) is 19.8 Å². The van der Waals surface area contributed by atoms with E-state index in [1.54, 1.807) is 11.3 Å². The molecule has 0 atom stereocenters. The van der Waals surface area contributed by atoms with Crippen molar-refractivity contribution in [2.24, 2.45) is 0 Å². The van der Waals surface area contributed by atoms with Gasteiger partial charge in [-0.2, -0.15) is 9.61 Å². The van der Waals surface area contributed by atoms with Gasteiger partial charge in [-0.25, -0.2) is 0 Å². The number of fused-ring (bicyclic) bond motifs is 1. The van der Waals surface area contributed by atoms with Crippen molar-refractivity contribution >= 4 is 27.9 Å². The molecule has 3 aromatic rings. The van der Waals surface area contributed by atoms with E-state index in [9.17, 15) is 0 Å². The van der Waals surface area contributed by atoms with Crippen LogP contribution < -0.4 is 0 Å². The van der Waals surface area contributed by atoms with Crippen molar-refractivity contribution in [2.75, 3.05) is 0 Å². The highest BCUT2D eigenvalue weighted by molar-refractivity contribution is 7.16. The van der Waals surface area contributed by atoms with E-state index in [1.807, 2.05) is 28.8 Å². The Hall–Kier alpha value is -1.46. The molecule has 2 heterocycles. The summed E-state index contributed by atoms with van der Waals surface area (Å²) in [5.74, 6) is 1.51. The van der Waals surface area contributed by atoms with Crippen LogP contribution in [-0.2, 0) is 6.42 Å². The molecule has 4 rings (SSSR count). The molecule has 1 saturated carbocycles. The first-order valence-corrected chi connectivity index (χ1v) is 8.94. The molecule has 0 unspecified atom stereocenters. The second kappa shape index (κ2) is 5.97. The van der Waals surface area contributed by atoms with Gasteiger partial charge in [-0.3, -0.25) is 0 Å². The van der Waals surface area contributed by atoms with Crippen LogP contribution in [0.25, 0.3) is 4.96 Å². The second-order valence-electron chi connectivity index (χ2n) is 5.89. The number of nitrogens with zero attached hydrogens (tertiary/aromatic N) is 4. The minimum absolute atomic E-state index is 0.615. The number of aromatic nitrogens is 4. The largest absolute Gasteiger partial charge is 0.234 e. The van der Waals surface area contributed by atoms with Gasteiger partial charge in [0, 0.05) is 17.4 Å². The Balaban J connectivity index is 1.61. The normalized spacial score (nSPS) is 16.4. The first-order chi connectivity index (χ1) is 10.8. The summed E-state index contributed by atoms with van der Waals surface area (Å²) in [5, 5.41) is 15.3. The molecule has 2 aromatic heterocycles. The molecule has 1 aromatic carbocycles. The van der Waals surface area contributed by atoms with Crippen LogP contribution in [0.2, 0.25) is 5.02 Å². The highest BCUT2D eigenvalue weighted by Crippen LogP contribution is 2.34. The predicted molar refractivity (Wildman–Crippen MR) is 88.7 cm³/mol. The van der Waals surface area contributed by atoms with E-state index in [0.29, 0.717) is 5.92 Å². The van der Waals surface area contributed by atoms with Crippen LogP contribution in [0.15, 0.2) is 24.3 Å². The summed E-state index contributed by atoms with van der Waals surface area (Å²) in [6.07, 6.45) is 7.26. The first kappa shape index (κ1) is 14.2. The van der Waals surface area contributed by atoms with Crippen LogP contribution in [0.1, 0.15) is 54.4 Å². The smallest absolute Gasteiger partial charge is 0.187 e. The molecule has 4 nitrogen and oxygen atoms in total. The molecule has 0 N–H and O–H groups in total. The van der Waals surface area contributed by atoms with E-state index in [1.165, 1.54) is 42.7 Å². The molecule has 0 radical (unpaired) electrons. The number of benzene rings is 1. The van der Waals surface area contributed by atoms with Crippen LogP contribution in [0.5, 0.6) is 0 Å². The van der Waals surface area contributed by atoms with Gasteiger partial charge in [-0.15, -0.1) is 10.2 Å². The summed E-state index contributed by atoms with van der Waals surface area (Å²) >= 11 is 7.63. The van der Waals surface area contributed by atoms with E-state index >= 15 is 0 Å². The fraction of sp³-hybridized carbons (Fsp3) is 0.438. The van der Waals surface area contributed by atoms with Gasteiger partial charge < -0.3 is 0 Å². The summed E-state index contributed by atoms with van der Waals surface area (Å²) < 4.78 is 1.92. The quantitative estimate of drug-likeness (QED) is 0.710. The van der Waals surface area contributed by atoms with Gasteiger partial charge in [0.15, 0.2) is 5.82 Å². The van der Waals surface area contributed by atoms with Crippen molar-refractivity contribution < 1.29 is 0 Å².